The number of nitrogens with one attached hydrogen (secondary N) is 2. The number of halogens is 3. The maximum absolute atomic E-state index is 13.0. The highest BCUT2D eigenvalue weighted by Crippen LogP contribution is 2.26. The first-order valence-electron chi connectivity index (χ1n) is 13.9. The van der Waals surface area contributed by atoms with Gasteiger partial charge in [0.25, 0.3) is 0 Å². The van der Waals surface area contributed by atoms with E-state index in [2.05, 4.69) is 45.3 Å². The van der Waals surface area contributed by atoms with Crippen LogP contribution in [0.2, 0.25) is 0 Å². The summed E-state index contributed by atoms with van der Waals surface area (Å²) in [7, 11) is 3.66. The van der Waals surface area contributed by atoms with Gasteiger partial charge in [-0.25, -0.2) is 4.98 Å². The average molecular weight is 593 g/mol. The lowest BCUT2D eigenvalue weighted by molar-refractivity contribution is -0.152. The van der Waals surface area contributed by atoms with E-state index in [4.69, 9.17) is 5.11 Å². The Balaban J connectivity index is 0.00000315. The number of imidazole rings is 1. The maximum atomic E-state index is 13.0. The van der Waals surface area contributed by atoms with Gasteiger partial charge in [0.15, 0.2) is 5.96 Å². The molecule has 0 aromatic carbocycles. The van der Waals surface area contributed by atoms with Crippen LogP contribution in [0.5, 0.6) is 0 Å². The third-order valence-electron chi connectivity index (χ3n) is 6.28. The van der Waals surface area contributed by atoms with Crippen LogP contribution in [0.3, 0.4) is 0 Å². The van der Waals surface area contributed by atoms with Gasteiger partial charge >= 0.3 is 6.18 Å². The molecular weight excluding hydrogens is 545 g/mol. The number of pyridine rings is 1. The number of aliphatic imine (C=N–C) groups is 1. The summed E-state index contributed by atoms with van der Waals surface area (Å²) in [5.41, 5.74) is 2.28. The summed E-state index contributed by atoms with van der Waals surface area (Å²) in [5, 5.41) is 11.6. The van der Waals surface area contributed by atoms with Crippen LogP contribution in [0.1, 0.15) is 59.6 Å². The lowest BCUT2D eigenvalue weighted by atomic mass is 9.99. The van der Waals surface area contributed by atoms with Crippen molar-refractivity contribution in [1.29, 1.82) is 0 Å². The fourth-order valence-corrected chi connectivity index (χ4v) is 3.69. The van der Waals surface area contributed by atoms with Crippen LogP contribution in [0.15, 0.2) is 42.7 Å². The molecule has 0 bridgehead atoms. The van der Waals surface area contributed by atoms with Crippen molar-refractivity contribution >= 4 is 30.0 Å². The summed E-state index contributed by atoms with van der Waals surface area (Å²) in [6.07, 6.45) is 5.36. The number of H-pyrrole nitrogens is 1. The second-order valence-electron chi connectivity index (χ2n) is 9.32. The number of hydrogen-bond acceptors (Lipinski definition) is 5. The highest BCUT2D eigenvalue weighted by Gasteiger charge is 2.34. The van der Waals surface area contributed by atoms with Crippen LogP contribution in [0, 0.1) is 11.8 Å². The summed E-state index contributed by atoms with van der Waals surface area (Å²) >= 11 is 0. The lowest BCUT2D eigenvalue weighted by Gasteiger charge is -2.23. The smallest absolute Gasteiger partial charge is 0.394 e. The standard InChI is InChI=1S/C27H37F3N6O.C2H6O.C2H4/c1-7-20(12-14-37)11-13-36(6)26(31-5)33-16-18(3)23-10-9-21(17-32-23)25-34-22(8-2)24(35-25)15-19(4)27(28,29)30;1-2-3;1-2/h8-10,14-17,19-20H,7,11-13H2,1-6H3,(H,31,33)(H,34,35);3H,2H2,1H3;1-2H2/b18-16+,22-8+,24-15+;;. The number of aromatic nitrogens is 3. The molecule has 2 unspecified atom stereocenters. The second-order valence-corrected chi connectivity index (χ2v) is 9.32. The monoisotopic (exact) mass is 592 g/mol. The average Bonchev–Trinajstić information content (AvgIpc) is 3.39. The molecule has 8 nitrogen and oxygen atoms in total. The van der Waals surface area contributed by atoms with Crippen molar-refractivity contribution in [3.63, 3.8) is 0 Å². The maximum Gasteiger partial charge on any atom is 0.394 e. The van der Waals surface area contributed by atoms with Crippen LogP contribution >= 0.6 is 0 Å². The van der Waals surface area contributed by atoms with Crippen LogP contribution in [0.25, 0.3) is 29.1 Å². The summed E-state index contributed by atoms with van der Waals surface area (Å²) in [5.74, 6) is -0.0805. The molecule has 0 saturated heterocycles. The Morgan fingerprint density at radius 3 is 2.40 bits per heavy atom. The Kier molecular flexibility index (Phi) is 18.4. The van der Waals surface area contributed by atoms with E-state index >= 15 is 0 Å². The normalized spacial score (nSPS) is 14.3. The Labute approximate surface area is 247 Å². The molecule has 2 aromatic rings. The molecule has 2 aromatic heterocycles. The number of guanidine groups is 1. The molecular formula is C31H47F3N6O2. The molecule has 0 fully saturated rings. The predicted molar refractivity (Wildman–Crippen MR) is 167 cm³/mol. The molecule has 0 saturated carbocycles. The summed E-state index contributed by atoms with van der Waals surface area (Å²) in [4.78, 5) is 29.1. The van der Waals surface area contributed by atoms with E-state index in [1.54, 1.807) is 33.2 Å². The molecule has 0 aliphatic rings. The minimum absolute atomic E-state index is 0.250. The van der Waals surface area contributed by atoms with Gasteiger partial charge in [-0.2, -0.15) is 13.2 Å². The zero-order valence-electron chi connectivity index (χ0n) is 25.9. The fourth-order valence-electron chi connectivity index (χ4n) is 3.69. The zero-order valence-corrected chi connectivity index (χ0v) is 25.9. The Hall–Kier alpha value is -3.73. The summed E-state index contributed by atoms with van der Waals surface area (Å²) in [6, 6.07) is 3.66. The van der Waals surface area contributed by atoms with Gasteiger partial charge in [-0.05, 0) is 56.9 Å². The lowest BCUT2D eigenvalue weighted by Crippen LogP contribution is -2.37. The first-order chi connectivity index (χ1) is 19.9. The number of hydrogen-bond donors (Lipinski definition) is 3. The number of carbonyl (C=O) groups excluding carboxylic acids is 1. The number of allylic oxidation sites excluding steroid dienone is 1. The van der Waals surface area contributed by atoms with Crippen molar-refractivity contribution in [3.8, 4) is 11.4 Å². The largest absolute Gasteiger partial charge is 0.397 e. The second kappa shape index (κ2) is 20.2. The Morgan fingerprint density at radius 2 is 1.93 bits per heavy atom. The van der Waals surface area contributed by atoms with Crippen LogP contribution in [0.4, 0.5) is 13.2 Å². The first kappa shape index (κ1) is 38.3. The van der Waals surface area contributed by atoms with Crippen molar-refractivity contribution in [2.24, 2.45) is 16.8 Å². The van der Waals surface area contributed by atoms with Gasteiger partial charge < -0.3 is 25.1 Å². The minimum atomic E-state index is -4.32. The van der Waals surface area contributed by atoms with E-state index in [0.717, 1.165) is 49.9 Å². The molecule has 42 heavy (non-hydrogen) atoms. The highest BCUT2D eigenvalue weighted by molar-refractivity contribution is 5.82. The Bertz CT molecular complexity index is 1240. The molecule has 234 valence electrons. The van der Waals surface area contributed by atoms with Gasteiger partial charge in [-0.3, -0.25) is 9.98 Å². The number of alkyl halides is 3. The minimum Gasteiger partial charge on any atom is -0.397 e. The molecule has 0 spiro atoms. The molecule has 11 heteroatoms. The van der Waals surface area contributed by atoms with Crippen molar-refractivity contribution in [2.45, 2.75) is 60.1 Å². The van der Waals surface area contributed by atoms with Gasteiger partial charge in [0.05, 0.1) is 22.3 Å². The number of carbonyl (C=O) groups is 1. The quantitative estimate of drug-likeness (QED) is 0.156. The van der Waals surface area contributed by atoms with Crippen molar-refractivity contribution < 1.29 is 23.1 Å². The van der Waals surface area contributed by atoms with Crippen LogP contribution in [-0.4, -0.2) is 70.6 Å². The van der Waals surface area contributed by atoms with Gasteiger partial charge in [-0.15, -0.1) is 13.2 Å². The number of aliphatic hydroxyl groups excluding tert-OH is 1. The number of nitrogens with zero attached hydrogens (tertiary/aromatic N) is 4. The highest BCUT2D eigenvalue weighted by atomic mass is 19.4. The molecule has 2 rings (SSSR count). The predicted octanol–water partition coefficient (Wildman–Crippen LogP) is 4.93. The first-order valence-corrected chi connectivity index (χ1v) is 13.9. The SMILES string of the molecule is C/C=c1/nc(-c2ccc(/C(C)=C/NC(=NC)N(C)CCC(CC)CC=O)nc2)[nH]/c1=C/C(C)C(F)(F)F.C=C.CCO. The van der Waals surface area contributed by atoms with Gasteiger partial charge in [0.2, 0.25) is 0 Å². The van der Waals surface area contributed by atoms with Crippen LogP contribution in [-0.2, 0) is 4.79 Å². The third-order valence-corrected chi connectivity index (χ3v) is 6.28. The summed E-state index contributed by atoms with van der Waals surface area (Å²) < 4.78 is 39.0. The topological polar surface area (TPSA) is 107 Å². The number of aromatic amines is 1. The van der Waals surface area contributed by atoms with E-state index in [-0.39, 0.29) is 6.61 Å². The van der Waals surface area contributed by atoms with Crippen molar-refractivity contribution in [3.05, 3.63) is 54.1 Å². The molecule has 0 amide bonds. The number of aliphatic hydroxyl groups is 1. The molecule has 0 aliphatic heterocycles. The molecule has 0 aliphatic carbocycles. The molecule has 0 radical (unpaired) electrons. The van der Waals surface area contributed by atoms with Gasteiger partial charge in [0.1, 0.15) is 12.1 Å². The van der Waals surface area contributed by atoms with E-state index in [0.29, 0.717) is 40.4 Å². The fraction of sp³-hybridized carbons (Fsp3) is 0.484. The number of aldehydes is 1. The van der Waals surface area contributed by atoms with E-state index < -0.39 is 12.1 Å². The summed E-state index contributed by atoms with van der Waals surface area (Å²) in [6.45, 7) is 15.6. The van der Waals surface area contributed by atoms with Crippen LogP contribution < -0.4 is 16.0 Å². The number of rotatable bonds is 10. The third kappa shape index (κ3) is 12.8. The molecule has 2 heterocycles. The molecule has 3 N–H and O–H groups in total. The zero-order chi connectivity index (χ0) is 32.3. The van der Waals surface area contributed by atoms with E-state index in [1.807, 2.05) is 37.2 Å². The van der Waals surface area contributed by atoms with Crippen molar-refractivity contribution in [1.82, 2.24) is 25.2 Å². The molecule has 2 atom stereocenters. The van der Waals surface area contributed by atoms with E-state index in [1.165, 1.54) is 0 Å². The van der Waals surface area contributed by atoms with Gasteiger partial charge in [-0.1, -0.05) is 26.3 Å². The Morgan fingerprint density at radius 1 is 1.29 bits per heavy atom. The van der Waals surface area contributed by atoms with Crippen molar-refractivity contribution in [2.75, 3.05) is 27.2 Å². The van der Waals surface area contributed by atoms with E-state index in [9.17, 15) is 18.0 Å². The van der Waals surface area contributed by atoms with Gasteiger partial charge in [0, 0.05) is 51.6 Å².